The van der Waals surface area contributed by atoms with E-state index < -0.39 is 0 Å². The van der Waals surface area contributed by atoms with Crippen LogP contribution in [0.25, 0.3) is 16.7 Å². The number of benzene rings is 1. The largest absolute Gasteiger partial charge is 0.501 e. The smallest absolute Gasteiger partial charge is 0.168 e. The SMILES string of the molecule is C=C/C=C(\C=C(/C)OC)n1ncc2c(N/N=C/c3ccc(F)cc3)ncnc21. The van der Waals surface area contributed by atoms with Gasteiger partial charge < -0.3 is 4.74 Å². The molecule has 0 spiro atoms. The number of hydrazone groups is 1. The van der Waals surface area contributed by atoms with Gasteiger partial charge in [0.1, 0.15) is 12.1 Å². The number of hydrogen-bond acceptors (Lipinski definition) is 6. The first-order valence-electron chi connectivity index (χ1n) is 8.41. The number of allylic oxidation sites excluding steroid dienone is 5. The molecule has 0 aliphatic carbocycles. The molecule has 3 rings (SSSR count). The predicted octanol–water partition coefficient (Wildman–Crippen LogP) is 3.99. The summed E-state index contributed by atoms with van der Waals surface area (Å²) in [5.41, 5.74) is 4.97. The number of nitrogens with one attached hydrogen (secondary N) is 1. The van der Waals surface area contributed by atoms with Gasteiger partial charge in [0.15, 0.2) is 11.5 Å². The van der Waals surface area contributed by atoms with Crippen LogP contribution in [0.4, 0.5) is 10.2 Å². The lowest BCUT2D eigenvalue weighted by Crippen LogP contribution is -2.01. The molecule has 3 aromatic rings. The van der Waals surface area contributed by atoms with Crippen molar-refractivity contribution >= 4 is 28.8 Å². The number of hydrogen-bond donors (Lipinski definition) is 1. The van der Waals surface area contributed by atoms with Crippen LogP contribution in [0.15, 0.2) is 72.5 Å². The monoisotopic (exact) mass is 378 g/mol. The summed E-state index contributed by atoms with van der Waals surface area (Å²) in [6, 6.07) is 6.00. The number of halogens is 1. The third-order valence-corrected chi connectivity index (χ3v) is 3.83. The van der Waals surface area contributed by atoms with Crippen molar-refractivity contribution in [1.82, 2.24) is 19.7 Å². The Labute approximate surface area is 161 Å². The molecule has 0 aliphatic rings. The van der Waals surface area contributed by atoms with E-state index in [9.17, 15) is 4.39 Å². The van der Waals surface area contributed by atoms with Crippen molar-refractivity contribution in [3.63, 3.8) is 0 Å². The van der Waals surface area contributed by atoms with Crippen LogP contribution >= 0.6 is 0 Å². The Bertz CT molecular complexity index is 1070. The second-order valence-electron chi connectivity index (χ2n) is 5.72. The normalized spacial score (nSPS) is 12.5. The zero-order valence-corrected chi connectivity index (χ0v) is 15.5. The minimum atomic E-state index is -0.295. The van der Waals surface area contributed by atoms with E-state index in [-0.39, 0.29) is 5.82 Å². The van der Waals surface area contributed by atoms with Crippen molar-refractivity contribution in [2.75, 3.05) is 12.5 Å². The molecule has 0 atom stereocenters. The average Bonchev–Trinajstić information content (AvgIpc) is 3.14. The number of ether oxygens (including phenoxy) is 1. The van der Waals surface area contributed by atoms with E-state index in [2.05, 4.69) is 32.2 Å². The van der Waals surface area contributed by atoms with Crippen LogP contribution in [0, 0.1) is 5.82 Å². The Morgan fingerprint density at radius 3 is 2.79 bits per heavy atom. The van der Waals surface area contributed by atoms with Crippen LogP contribution in [0.2, 0.25) is 0 Å². The molecule has 2 heterocycles. The summed E-state index contributed by atoms with van der Waals surface area (Å²) in [5, 5.41) is 9.25. The van der Waals surface area contributed by atoms with Crippen LogP contribution < -0.4 is 5.43 Å². The number of anilines is 1. The molecule has 0 fully saturated rings. The lowest BCUT2D eigenvalue weighted by atomic mass is 10.2. The van der Waals surface area contributed by atoms with Crippen molar-refractivity contribution in [3.8, 4) is 0 Å². The molecule has 0 saturated heterocycles. The maximum absolute atomic E-state index is 13.0. The van der Waals surface area contributed by atoms with E-state index in [0.717, 1.165) is 11.3 Å². The molecule has 142 valence electrons. The highest BCUT2D eigenvalue weighted by molar-refractivity contribution is 5.89. The molecular weight excluding hydrogens is 359 g/mol. The lowest BCUT2D eigenvalue weighted by molar-refractivity contribution is 0.294. The van der Waals surface area contributed by atoms with Gasteiger partial charge in [-0.2, -0.15) is 10.2 Å². The van der Waals surface area contributed by atoms with Gasteiger partial charge in [-0.05, 0) is 30.7 Å². The highest BCUT2D eigenvalue weighted by Gasteiger charge is 2.11. The summed E-state index contributed by atoms with van der Waals surface area (Å²) < 4.78 is 19.8. The van der Waals surface area contributed by atoms with Crippen molar-refractivity contribution in [2.24, 2.45) is 5.10 Å². The zero-order chi connectivity index (χ0) is 19.9. The molecule has 0 radical (unpaired) electrons. The van der Waals surface area contributed by atoms with Crippen LogP contribution in [-0.2, 0) is 4.74 Å². The topological polar surface area (TPSA) is 77.2 Å². The molecule has 7 nitrogen and oxygen atoms in total. The van der Waals surface area contributed by atoms with E-state index in [1.807, 2.05) is 13.0 Å². The van der Waals surface area contributed by atoms with Gasteiger partial charge in [-0.1, -0.05) is 24.8 Å². The number of rotatable bonds is 7. The molecule has 0 amide bonds. The highest BCUT2D eigenvalue weighted by Crippen LogP contribution is 2.22. The van der Waals surface area contributed by atoms with Crippen LogP contribution in [0.5, 0.6) is 0 Å². The van der Waals surface area contributed by atoms with Crippen molar-refractivity contribution < 1.29 is 9.13 Å². The summed E-state index contributed by atoms with van der Waals surface area (Å²) in [4.78, 5) is 8.54. The molecule has 1 N–H and O–H groups in total. The fourth-order valence-corrected chi connectivity index (χ4v) is 2.41. The average molecular weight is 378 g/mol. The van der Waals surface area contributed by atoms with E-state index >= 15 is 0 Å². The maximum atomic E-state index is 13.0. The lowest BCUT2D eigenvalue weighted by Gasteiger charge is -2.06. The second kappa shape index (κ2) is 8.72. The van der Waals surface area contributed by atoms with E-state index in [1.54, 1.807) is 48.5 Å². The molecule has 28 heavy (non-hydrogen) atoms. The summed E-state index contributed by atoms with van der Waals surface area (Å²) in [7, 11) is 1.60. The molecule has 0 bridgehead atoms. The van der Waals surface area contributed by atoms with E-state index in [4.69, 9.17) is 4.74 Å². The fourth-order valence-electron chi connectivity index (χ4n) is 2.41. The van der Waals surface area contributed by atoms with E-state index in [0.29, 0.717) is 22.6 Å². The Kier molecular flexibility index (Phi) is 5.91. The maximum Gasteiger partial charge on any atom is 0.168 e. The van der Waals surface area contributed by atoms with Gasteiger partial charge in [-0.3, -0.25) is 5.43 Å². The molecular formula is C20H19FN6O. The molecule has 0 saturated carbocycles. The third-order valence-electron chi connectivity index (χ3n) is 3.83. The first kappa shape index (κ1) is 19.0. The third kappa shape index (κ3) is 4.29. The Hall–Kier alpha value is -3.81. The van der Waals surface area contributed by atoms with Crippen LogP contribution in [-0.4, -0.2) is 33.1 Å². The summed E-state index contributed by atoms with van der Waals surface area (Å²) in [6.45, 7) is 5.58. The van der Waals surface area contributed by atoms with Crippen molar-refractivity contribution in [3.05, 3.63) is 78.7 Å². The fraction of sp³-hybridized carbons (Fsp3) is 0.100. The Balaban J connectivity index is 1.91. The predicted molar refractivity (Wildman–Crippen MR) is 108 cm³/mol. The summed E-state index contributed by atoms with van der Waals surface area (Å²) >= 11 is 0. The van der Waals surface area contributed by atoms with E-state index in [1.165, 1.54) is 18.5 Å². The van der Waals surface area contributed by atoms with Crippen molar-refractivity contribution in [2.45, 2.75) is 6.92 Å². The Morgan fingerprint density at radius 1 is 1.29 bits per heavy atom. The quantitative estimate of drug-likeness (QED) is 0.291. The molecule has 1 aromatic carbocycles. The number of nitrogens with zero attached hydrogens (tertiary/aromatic N) is 5. The van der Waals surface area contributed by atoms with Gasteiger partial charge in [-0.15, -0.1) is 0 Å². The molecule has 0 unspecified atom stereocenters. The van der Waals surface area contributed by atoms with Gasteiger partial charge in [0.25, 0.3) is 0 Å². The van der Waals surface area contributed by atoms with Gasteiger partial charge in [-0.25, -0.2) is 19.0 Å². The Morgan fingerprint density at radius 2 is 2.07 bits per heavy atom. The molecule has 2 aromatic heterocycles. The van der Waals surface area contributed by atoms with Gasteiger partial charge >= 0.3 is 0 Å². The van der Waals surface area contributed by atoms with Gasteiger partial charge in [0.2, 0.25) is 0 Å². The number of methoxy groups -OCH3 is 1. The van der Waals surface area contributed by atoms with Crippen LogP contribution in [0.1, 0.15) is 12.5 Å². The zero-order valence-electron chi connectivity index (χ0n) is 15.5. The molecule has 8 heteroatoms. The standard InChI is InChI=1S/C20H19FN6O/c1-4-5-17(10-14(2)28-3)27-20-18(12-25-27)19(22-13-23-20)26-24-11-15-6-8-16(21)9-7-15/h4-13H,1H2,2-3H3,(H,22,23,26)/b14-10+,17-5+,24-11+. The first-order valence-corrected chi connectivity index (χ1v) is 8.41. The minimum Gasteiger partial charge on any atom is -0.501 e. The highest BCUT2D eigenvalue weighted by atomic mass is 19.1. The second-order valence-corrected chi connectivity index (χ2v) is 5.72. The molecule has 0 aliphatic heterocycles. The first-order chi connectivity index (χ1) is 13.6. The number of aromatic nitrogens is 4. The number of fused-ring (bicyclic) bond motifs is 1. The van der Waals surface area contributed by atoms with Gasteiger partial charge in [0, 0.05) is 6.08 Å². The summed E-state index contributed by atoms with van der Waals surface area (Å²) in [6.07, 6.45) is 9.95. The minimum absolute atomic E-state index is 0.295. The van der Waals surface area contributed by atoms with Crippen LogP contribution in [0.3, 0.4) is 0 Å². The summed E-state index contributed by atoms with van der Waals surface area (Å²) in [5.74, 6) is 0.921. The van der Waals surface area contributed by atoms with Gasteiger partial charge in [0.05, 0.1) is 36.4 Å². The van der Waals surface area contributed by atoms with Crippen molar-refractivity contribution in [1.29, 1.82) is 0 Å².